The van der Waals surface area contributed by atoms with Gasteiger partial charge in [0.1, 0.15) is 18.0 Å². The third kappa shape index (κ3) is 6.67. The topological polar surface area (TPSA) is 84.9 Å². The van der Waals surface area contributed by atoms with Crippen molar-refractivity contribution in [3.63, 3.8) is 0 Å². The summed E-state index contributed by atoms with van der Waals surface area (Å²) in [6.07, 6.45) is 1.02. The molecule has 2 aromatic rings. The van der Waals surface area contributed by atoms with Crippen molar-refractivity contribution in [2.45, 2.75) is 32.9 Å². The number of nitrogens with one attached hydrogen (secondary N) is 1. The molecule has 29 heavy (non-hydrogen) atoms. The van der Waals surface area contributed by atoms with Crippen LogP contribution in [0.2, 0.25) is 0 Å². The van der Waals surface area contributed by atoms with E-state index in [-0.39, 0.29) is 18.7 Å². The zero-order valence-corrected chi connectivity index (χ0v) is 18.2. The highest BCUT2D eigenvalue weighted by Gasteiger charge is 2.22. The lowest BCUT2D eigenvalue weighted by molar-refractivity contribution is -0.120. The summed E-state index contributed by atoms with van der Waals surface area (Å²) in [6.45, 7) is 5.27. The monoisotopic (exact) mass is 420 g/mol. The average Bonchev–Trinajstić information content (AvgIpc) is 2.65. The molecule has 0 saturated carbocycles. The largest absolute Gasteiger partial charge is 0.497 e. The van der Waals surface area contributed by atoms with E-state index in [2.05, 4.69) is 5.32 Å². The van der Waals surface area contributed by atoms with Gasteiger partial charge in [0.05, 0.1) is 31.2 Å². The molecule has 2 rings (SSSR count). The molecule has 2 aromatic carbocycles. The predicted octanol–water partition coefficient (Wildman–Crippen LogP) is 3.13. The number of carbonyl (C=O) groups is 1. The standard InChI is InChI=1S/C21H28N2O5S/c1-15(2)28-20-8-6-7-18(13-20)23(29(5,25)26)14-21(24)22-16(3)17-9-11-19(27-4)12-10-17/h6-13,15-16H,14H2,1-5H3,(H,22,24). The molecule has 0 spiro atoms. The molecular weight excluding hydrogens is 392 g/mol. The third-order valence-corrected chi connectivity index (χ3v) is 5.30. The Morgan fingerprint density at radius 3 is 2.28 bits per heavy atom. The molecule has 0 radical (unpaired) electrons. The highest BCUT2D eigenvalue weighted by Crippen LogP contribution is 2.24. The molecule has 0 aromatic heterocycles. The molecule has 0 fully saturated rings. The number of methoxy groups -OCH3 is 1. The van der Waals surface area contributed by atoms with Crippen molar-refractivity contribution in [3.8, 4) is 11.5 Å². The van der Waals surface area contributed by atoms with Crippen LogP contribution in [-0.2, 0) is 14.8 Å². The van der Waals surface area contributed by atoms with E-state index in [1.54, 1.807) is 43.5 Å². The van der Waals surface area contributed by atoms with Gasteiger partial charge in [0.25, 0.3) is 0 Å². The van der Waals surface area contributed by atoms with Crippen molar-refractivity contribution in [3.05, 3.63) is 54.1 Å². The SMILES string of the molecule is COc1ccc(C(C)NC(=O)CN(c2cccc(OC(C)C)c2)S(C)(=O)=O)cc1. The maximum Gasteiger partial charge on any atom is 0.241 e. The van der Waals surface area contributed by atoms with Crippen LogP contribution in [-0.4, -0.2) is 40.3 Å². The van der Waals surface area contributed by atoms with E-state index in [0.29, 0.717) is 11.4 Å². The van der Waals surface area contributed by atoms with Crippen molar-refractivity contribution in [2.24, 2.45) is 0 Å². The molecule has 1 N–H and O–H groups in total. The Bertz CT molecular complexity index is 926. The second-order valence-corrected chi connectivity index (χ2v) is 8.90. The summed E-state index contributed by atoms with van der Waals surface area (Å²) in [5.41, 5.74) is 1.26. The summed E-state index contributed by atoms with van der Waals surface area (Å²) >= 11 is 0. The van der Waals surface area contributed by atoms with Crippen molar-refractivity contribution < 1.29 is 22.7 Å². The van der Waals surface area contributed by atoms with E-state index in [4.69, 9.17) is 9.47 Å². The number of amides is 1. The van der Waals surface area contributed by atoms with Gasteiger partial charge in [-0.15, -0.1) is 0 Å². The Morgan fingerprint density at radius 2 is 1.72 bits per heavy atom. The fraction of sp³-hybridized carbons (Fsp3) is 0.381. The van der Waals surface area contributed by atoms with E-state index >= 15 is 0 Å². The van der Waals surface area contributed by atoms with Crippen molar-refractivity contribution in [2.75, 3.05) is 24.2 Å². The number of hydrogen-bond acceptors (Lipinski definition) is 5. The van der Waals surface area contributed by atoms with Gasteiger partial charge < -0.3 is 14.8 Å². The molecule has 7 nitrogen and oxygen atoms in total. The molecule has 0 aliphatic carbocycles. The summed E-state index contributed by atoms with van der Waals surface area (Å²) in [5, 5.41) is 2.84. The van der Waals surface area contributed by atoms with Crippen LogP contribution in [0.1, 0.15) is 32.4 Å². The smallest absolute Gasteiger partial charge is 0.241 e. The van der Waals surface area contributed by atoms with Gasteiger partial charge in [-0.05, 0) is 50.6 Å². The predicted molar refractivity (Wildman–Crippen MR) is 114 cm³/mol. The molecule has 1 amide bonds. The summed E-state index contributed by atoms with van der Waals surface area (Å²) in [6, 6.07) is 13.7. The van der Waals surface area contributed by atoms with Gasteiger partial charge in [-0.3, -0.25) is 9.10 Å². The zero-order chi connectivity index (χ0) is 21.6. The van der Waals surface area contributed by atoms with Gasteiger partial charge in [0, 0.05) is 6.07 Å². The van der Waals surface area contributed by atoms with E-state index in [9.17, 15) is 13.2 Å². The van der Waals surface area contributed by atoms with Gasteiger partial charge in [0.2, 0.25) is 15.9 Å². The maximum atomic E-state index is 12.6. The van der Waals surface area contributed by atoms with E-state index in [0.717, 1.165) is 21.9 Å². The summed E-state index contributed by atoms with van der Waals surface area (Å²) < 4.78 is 36.5. The molecule has 1 atom stereocenters. The second-order valence-electron chi connectivity index (χ2n) is 7.00. The minimum atomic E-state index is -3.67. The Kier molecular flexibility index (Phi) is 7.50. The average molecular weight is 421 g/mol. The molecule has 158 valence electrons. The number of anilines is 1. The molecule has 0 saturated heterocycles. The number of sulfonamides is 1. The molecule has 8 heteroatoms. The Balaban J connectivity index is 2.14. The quantitative estimate of drug-likeness (QED) is 0.674. The molecule has 0 heterocycles. The number of ether oxygens (including phenoxy) is 2. The van der Waals surface area contributed by atoms with Crippen molar-refractivity contribution in [1.82, 2.24) is 5.32 Å². The normalized spacial score (nSPS) is 12.3. The van der Waals surface area contributed by atoms with Crippen LogP contribution in [0.5, 0.6) is 11.5 Å². The van der Waals surface area contributed by atoms with Crippen LogP contribution < -0.4 is 19.1 Å². The lowest BCUT2D eigenvalue weighted by Crippen LogP contribution is -2.41. The fourth-order valence-electron chi connectivity index (χ4n) is 2.78. The second kappa shape index (κ2) is 9.65. The van der Waals surface area contributed by atoms with Crippen LogP contribution in [0.4, 0.5) is 5.69 Å². The van der Waals surface area contributed by atoms with Crippen LogP contribution >= 0.6 is 0 Å². The van der Waals surface area contributed by atoms with E-state index in [1.165, 1.54) is 0 Å². The summed E-state index contributed by atoms with van der Waals surface area (Å²) in [5.74, 6) is 0.853. The van der Waals surface area contributed by atoms with Crippen LogP contribution in [0, 0.1) is 0 Å². The van der Waals surface area contributed by atoms with E-state index in [1.807, 2.05) is 32.9 Å². The van der Waals surface area contributed by atoms with Crippen LogP contribution in [0.25, 0.3) is 0 Å². The number of carbonyl (C=O) groups excluding carboxylic acids is 1. The lowest BCUT2D eigenvalue weighted by atomic mass is 10.1. The van der Waals surface area contributed by atoms with Crippen LogP contribution in [0.3, 0.4) is 0 Å². The Hall–Kier alpha value is -2.74. The third-order valence-electron chi connectivity index (χ3n) is 4.16. The van der Waals surface area contributed by atoms with E-state index < -0.39 is 15.9 Å². The Morgan fingerprint density at radius 1 is 1.07 bits per heavy atom. The number of benzene rings is 2. The number of nitrogens with zero attached hydrogens (tertiary/aromatic N) is 1. The first-order valence-corrected chi connectivity index (χ1v) is 11.1. The first kappa shape index (κ1) is 22.5. The van der Waals surface area contributed by atoms with Gasteiger partial charge in [0.15, 0.2) is 0 Å². The van der Waals surface area contributed by atoms with Gasteiger partial charge in [-0.1, -0.05) is 18.2 Å². The first-order chi connectivity index (χ1) is 13.6. The minimum absolute atomic E-state index is 0.0504. The number of hydrogen-bond donors (Lipinski definition) is 1. The zero-order valence-electron chi connectivity index (χ0n) is 17.4. The molecule has 0 aliphatic heterocycles. The van der Waals surface area contributed by atoms with Crippen molar-refractivity contribution in [1.29, 1.82) is 0 Å². The summed E-state index contributed by atoms with van der Waals surface area (Å²) in [7, 11) is -2.08. The molecule has 0 bridgehead atoms. The van der Waals surface area contributed by atoms with Gasteiger partial charge >= 0.3 is 0 Å². The number of rotatable bonds is 9. The highest BCUT2D eigenvalue weighted by atomic mass is 32.2. The van der Waals surface area contributed by atoms with Gasteiger partial charge in [-0.2, -0.15) is 0 Å². The van der Waals surface area contributed by atoms with Crippen molar-refractivity contribution >= 4 is 21.6 Å². The van der Waals surface area contributed by atoms with Crippen LogP contribution in [0.15, 0.2) is 48.5 Å². The maximum absolute atomic E-state index is 12.6. The fourth-order valence-corrected chi connectivity index (χ4v) is 3.63. The molecule has 0 aliphatic rings. The Labute approximate surface area is 172 Å². The molecular formula is C21H28N2O5S. The lowest BCUT2D eigenvalue weighted by Gasteiger charge is -2.24. The molecule has 1 unspecified atom stereocenters. The first-order valence-electron chi connectivity index (χ1n) is 9.28. The minimum Gasteiger partial charge on any atom is -0.497 e. The van der Waals surface area contributed by atoms with Gasteiger partial charge in [-0.25, -0.2) is 8.42 Å². The summed E-state index contributed by atoms with van der Waals surface area (Å²) in [4.78, 5) is 12.6. The highest BCUT2D eigenvalue weighted by molar-refractivity contribution is 7.92.